The summed E-state index contributed by atoms with van der Waals surface area (Å²) in [5.41, 5.74) is 0.737. The molecule has 3 nitrogen and oxygen atoms in total. The molecular formula is C13H21F2N3. The number of alkyl halides is 2. The lowest BCUT2D eigenvalue weighted by molar-refractivity contribution is 0.134. The SMILES string of the molecule is CC(C)NCc1cnn(C2CCCC2)c1C(F)F. The van der Waals surface area contributed by atoms with Gasteiger partial charge in [-0.25, -0.2) is 8.78 Å². The molecule has 1 aliphatic carbocycles. The number of aromatic nitrogens is 2. The van der Waals surface area contributed by atoms with Crippen molar-refractivity contribution >= 4 is 0 Å². The fourth-order valence-electron chi connectivity index (χ4n) is 2.54. The largest absolute Gasteiger partial charge is 0.310 e. The summed E-state index contributed by atoms with van der Waals surface area (Å²) in [6.45, 7) is 4.47. The molecule has 102 valence electrons. The van der Waals surface area contributed by atoms with Crippen LogP contribution in [0.4, 0.5) is 8.78 Å². The van der Waals surface area contributed by atoms with Crippen molar-refractivity contribution in [2.45, 2.75) is 64.6 Å². The molecule has 0 atom stereocenters. The third-order valence-corrected chi connectivity index (χ3v) is 3.49. The van der Waals surface area contributed by atoms with Gasteiger partial charge in [0.1, 0.15) is 5.69 Å². The summed E-state index contributed by atoms with van der Waals surface area (Å²) in [5.74, 6) is 0. The fourth-order valence-corrected chi connectivity index (χ4v) is 2.54. The van der Waals surface area contributed by atoms with Crippen LogP contribution in [0.2, 0.25) is 0 Å². The maximum atomic E-state index is 13.2. The molecule has 1 heterocycles. The summed E-state index contributed by atoms with van der Waals surface area (Å²) in [5, 5.41) is 7.37. The van der Waals surface area contributed by atoms with E-state index in [1.54, 1.807) is 10.9 Å². The molecule has 0 radical (unpaired) electrons. The summed E-state index contributed by atoms with van der Waals surface area (Å²) >= 11 is 0. The molecule has 2 rings (SSSR count). The van der Waals surface area contributed by atoms with Gasteiger partial charge in [-0.05, 0) is 12.8 Å². The van der Waals surface area contributed by atoms with Crippen molar-refractivity contribution in [2.24, 2.45) is 0 Å². The molecule has 0 aromatic carbocycles. The van der Waals surface area contributed by atoms with Crippen LogP contribution in [0, 0.1) is 0 Å². The number of halogens is 2. The van der Waals surface area contributed by atoms with Crippen LogP contribution in [-0.4, -0.2) is 15.8 Å². The first kappa shape index (κ1) is 13.5. The van der Waals surface area contributed by atoms with Crippen molar-refractivity contribution in [1.29, 1.82) is 0 Å². The van der Waals surface area contributed by atoms with Gasteiger partial charge in [0.05, 0.1) is 12.2 Å². The number of nitrogens with one attached hydrogen (secondary N) is 1. The highest BCUT2D eigenvalue weighted by molar-refractivity contribution is 5.20. The van der Waals surface area contributed by atoms with Crippen LogP contribution >= 0.6 is 0 Å². The van der Waals surface area contributed by atoms with E-state index in [4.69, 9.17) is 0 Å². The van der Waals surface area contributed by atoms with Gasteiger partial charge in [0, 0.05) is 18.2 Å². The highest BCUT2D eigenvalue weighted by Crippen LogP contribution is 2.34. The summed E-state index contributed by atoms with van der Waals surface area (Å²) in [6.07, 6.45) is 3.32. The molecule has 0 amide bonds. The summed E-state index contributed by atoms with van der Waals surface area (Å²) in [7, 11) is 0. The van der Waals surface area contributed by atoms with E-state index in [-0.39, 0.29) is 17.8 Å². The highest BCUT2D eigenvalue weighted by atomic mass is 19.3. The second-order valence-corrected chi connectivity index (χ2v) is 5.27. The van der Waals surface area contributed by atoms with Crippen LogP contribution in [0.3, 0.4) is 0 Å². The first-order valence-electron chi connectivity index (χ1n) is 6.67. The Labute approximate surface area is 107 Å². The lowest BCUT2D eigenvalue weighted by atomic mass is 10.2. The maximum Gasteiger partial charge on any atom is 0.280 e. The van der Waals surface area contributed by atoms with Crippen LogP contribution in [0.5, 0.6) is 0 Å². The Hall–Kier alpha value is -0.970. The first-order valence-corrected chi connectivity index (χ1v) is 6.67. The fraction of sp³-hybridized carbons (Fsp3) is 0.769. The number of nitrogens with zero attached hydrogens (tertiary/aromatic N) is 2. The zero-order valence-corrected chi connectivity index (χ0v) is 11.0. The third-order valence-electron chi connectivity index (χ3n) is 3.49. The molecule has 1 saturated carbocycles. The van der Waals surface area contributed by atoms with Crippen LogP contribution in [0.15, 0.2) is 6.20 Å². The third kappa shape index (κ3) is 2.88. The van der Waals surface area contributed by atoms with E-state index >= 15 is 0 Å². The molecule has 18 heavy (non-hydrogen) atoms. The van der Waals surface area contributed by atoms with Crippen molar-refractivity contribution in [2.75, 3.05) is 0 Å². The Kier molecular flexibility index (Phi) is 4.32. The first-order chi connectivity index (χ1) is 8.59. The number of hydrogen-bond acceptors (Lipinski definition) is 2. The molecule has 1 aromatic heterocycles. The quantitative estimate of drug-likeness (QED) is 0.875. The lowest BCUT2D eigenvalue weighted by Gasteiger charge is -2.15. The minimum atomic E-state index is -2.45. The molecule has 0 unspecified atom stereocenters. The Morgan fingerprint density at radius 3 is 2.61 bits per heavy atom. The lowest BCUT2D eigenvalue weighted by Crippen LogP contribution is -2.22. The van der Waals surface area contributed by atoms with E-state index in [2.05, 4.69) is 10.4 Å². The van der Waals surface area contributed by atoms with Crippen molar-refractivity contribution < 1.29 is 8.78 Å². The van der Waals surface area contributed by atoms with Gasteiger partial charge in [0.25, 0.3) is 6.43 Å². The van der Waals surface area contributed by atoms with Crippen molar-refractivity contribution in [3.8, 4) is 0 Å². The van der Waals surface area contributed by atoms with E-state index in [1.807, 2.05) is 13.8 Å². The number of hydrogen-bond donors (Lipinski definition) is 1. The van der Waals surface area contributed by atoms with E-state index in [1.165, 1.54) is 0 Å². The molecule has 5 heteroatoms. The van der Waals surface area contributed by atoms with Gasteiger partial charge in [0.2, 0.25) is 0 Å². The van der Waals surface area contributed by atoms with E-state index in [0.717, 1.165) is 25.7 Å². The van der Waals surface area contributed by atoms with Crippen molar-refractivity contribution in [3.05, 3.63) is 17.5 Å². The molecule has 0 bridgehead atoms. The standard InChI is InChI=1S/C13H21F2N3/c1-9(2)16-7-10-8-17-18(12(10)13(14)15)11-5-3-4-6-11/h8-9,11,13,16H,3-7H2,1-2H3. The number of rotatable bonds is 5. The Morgan fingerprint density at radius 1 is 1.39 bits per heavy atom. The van der Waals surface area contributed by atoms with Crippen LogP contribution < -0.4 is 5.32 Å². The van der Waals surface area contributed by atoms with Gasteiger partial charge in [-0.2, -0.15) is 5.10 Å². The second kappa shape index (κ2) is 5.78. The normalized spacial score (nSPS) is 17.2. The average Bonchev–Trinajstić information content (AvgIpc) is 2.94. The van der Waals surface area contributed by atoms with Crippen molar-refractivity contribution in [3.63, 3.8) is 0 Å². The van der Waals surface area contributed by atoms with Gasteiger partial charge < -0.3 is 5.32 Å². The van der Waals surface area contributed by atoms with E-state index in [0.29, 0.717) is 12.1 Å². The molecule has 1 aliphatic rings. The minimum absolute atomic E-state index is 0.107. The smallest absolute Gasteiger partial charge is 0.280 e. The van der Waals surface area contributed by atoms with Gasteiger partial charge >= 0.3 is 0 Å². The molecule has 1 fully saturated rings. The zero-order chi connectivity index (χ0) is 13.1. The topological polar surface area (TPSA) is 29.9 Å². The predicted molar refractivity (Wildman–Crippen MR) is 66.7 cm³/mol. The Balaban J connectivity index is 2.19. The monoisotopic (exact) mass is 257 g/mol. The van der Waals surface area contributed by atoms with Crippen LogP contribution in [-0.2, 0) is 6.54 Å². The maximum absolute atomic E-state index is 13.2. The zero-order valence-electron chi connectivity index (χ0n) is 11.0. The summed E-state index contributed by atoms with van der Waals surface area (Å²) < 4.78 is 28.0. The van der Waals surface area contributed by atoms with Crippen molar-refractivity contribution in [1.82, 2.24) is 15.1 Å². The van der Waals surface area contributed by atoms with Crippen LogP contribution in [0.25, 0.3) is 0 Å². The highest BCUT2D eigenvalue weighted by Gasteiger charge is 2.26. The molecular weight excluding hydrogens is 236 g/mol. The average molecular weight is 257 g/mol. The summed E-state index contributed by atoms with van der Waals surface area (Å²) in [6, 6.07) is 0.451. The molecule has 0 saturated heterocycles. The second-order valence-electron chi connectivity index (χ2n) is 5.27. The van der Waals surface area contributed by atoms with Gasteiger partial charge in [0.15, 0.2) is 0 Å². The molecule has 1 aromatic rings. The van der Waals surface area contributed by atoms with E-state index in [9.17, 15) is 8.78 Å². The summed E-state index contributed by atoms with van der Waals surface area (Å²) in [4.78, 5) is 0. The minimum Gasteiger partial charge on any atom is -0.310 e. The van der Waals surface area contributed by atoms with E-state index < -0.39 is 6.43 Å². The Morgan fingerprint density at radius 2 is 2.06 bits per heavy atom. The molecule has 1 N–H and O–H groups in total. The van der Waals surface area contributed by atoms with Crippen LogP contribution in [0.1, 0.15) is 63.3 Å². The predicted octanol–water partition coefficient (Wildman–Crippen LogP) is 3.43. The van der Waals surface area contributed by atoms with Gasteiger partial charge in [-0.3, -0.25) is 4.68 Å². The van der Waals surface area contributed by atoms with Gasteiger partial charge in [-0.1, -0.05) is 26.7 Å². The molecule has 0 spiro atoms. The van der Waals surface area contributed by atoms with Gasteiger partial charge in [-0.15, -0.1) is 0 Å². The Bertz CT molecular complexity index is 382. The molecule has 0 aliphatic heterocycles.